The third-order valence-electron chi connectivity index (χ3n) is 3.48. The number of nitrogens with one attached hydrogen (secondary N) is 2. The van der Waals surface area contributed by atoms with E-state index in [4.69, 9.17) is 23.2 Å². The molecule has 1 aliphatic heterocycles. The molecule has 0 aromatic heterocycles. The van der Waals surface area contributed by atoms with Crippen LogP contribution in [0.3, 0.4) is 0 Å². The van der Waals surface area contributed by atoms with E-state index in [1.165, 1.54) is 0 Å². The van der Waals surface area contributed by atoms with E-state index in [1.807, 2.05) is 13.0 Å². The van der Waals surface area contributed by atoms with E-state index < -0.39 is 0 Å². The molecule has 0 spiro atoms. The second kappa shape index (κ2) is 6.60. The van der Waals surface area contributed by atoms with Crippen LogP contribution in [0.2, 0.25) is 10.0 Å². The highest BCUT2D eigenvalue weighted by atomic mass is 35.5. The molecule has 1 saturated heterocycles. The van der Waals surface area contributed by atoms with Gasteiger partial charge in [-0.05, 0) is 44.0 Å². The maximum atomic E-state index is 12.2. The molecule has 1 fully saturated rings. The highest BCUT2D eigenvalue weighted by molar-refractivity contribution is 6.42. The van der Waals surface area contributed by atoms with Crippen molar-refractivity contribution in [3.63, 3.8) is 0 Å². The van der Waals surface area contributed by atoms with Crippen molar-refractivity contribution in [2.75, 3.05) is 13.1 Å². The number of amides is 1. The van der Waals surface area contributed by atoms with Crippen molar-refractivity contribution in [1.82, 2.24) is 10.6 Å². The Morgan fingerprint density at radius 3 is 2.84 bits per heavy atom. The van der Waals surface area contributed by atoms with E-state index in [0.29, 0.717) is 10.0 Å². The first-order valence-corrected chi connectivity index (χ1v) is 7.29. The lowest BCUT2D eigenvalue weighted by Crippen LogP contribution is -2.46. The number of carbonyl (C=O) groups excluding carboxylic acids is 1. The van der Waals surface area contributed by atoms with Gasteiger partial charge < -0.3 is 10.6 Å². The minimum absolute atomic E-state index is 0.0343. The summed E-state index contributed by atoms with van der Waals surface area (Å²) >= 11 is 11.9. The lowest BCUT2D eigenvalue weighted by molar-refractivity contribution is -0.123. The predicted molar refractivity (Wildman–Crippen MR) is 78.9 cm³/mol. The smallest absolute Gasteiger partial charge is 0.227 e. The quantitative estimate of drug-likeness (QED) is 0.901. The summed E-state index contributed by atoms with van der Waals surface area (Å²) in [5, 5.41) is 7.35. The number of carbonyl (C=O) groups is 1. The monoisotopic (exact) mass is 300 g/mol. The minimum Gasteiger partial charge on any atom is -0.352 e. The molecule has 1 amide bonds. The molecular weight excluding hydrogens is 283 g/mol. The molecule has 5 heteroatoms. The van der Waals surface area contributed by atoms with Crippen molar-refractivity contribution < 1.29 is 4.79 Å². The van der Waals surface area contributed by atoms with Crippen LogP contribution in [-0.4, -0.2) is 25.0 Å². The molecule has 19 heavy (non-hydrogen) atoms. The second-order valence-corrected chi connectivity index (χ2v) is 5.76. The summed E-state index contributed by atoms with van der Waals surface area (Å²) in [6.45, 7) is 3.76. The predicted octanol–water partition coefficient (Wildman–Crippen LogP) is 2.97. The minimum atomic E-state index is -0.225. The fraction of sp³-hybridized carbons (Fsp3) is 0.500. The van der Waals surface area contributed by atoms with Crippen LogP contribution >= 0.6 is 23.2 Å². The molecule has 2 rings (SSSR count). The van der Waals surface area contributed by atoms with Gasteiger partial charge in [-0.15, -0.1) is 0 Å². The Morgan fingerprint density at radius 1 is 1.42 bits per heavy atom. The topological polar surface area (TPSA) is 41.1 Å². The molecule has 3 nitrogen and oxygen atoms in total. The Morgan fingerprint density at radius 2 is 2.21 bits per heavy atom. The zero-order chi connectivity index (χ0) is 13.8. The molecule has 0 aliphatic carbocycles. The molecule has 1 aromatic carbocycles. The van der Waals surface area contributed by atoms with Gasteiger partial charge in [0.15, 0.2) is 0 Å². The van der Waals surface area contributed by atoms with Crippen molar-refractivity contribution >= 4 is 29.1 Å². The SMILES string of the molecule is CC(C(=O)N[C@H]1CCCNC1)c1ccc(Cl)c(Cl)c1. The molecule has 104 valence electrons. The standard InChI is InChI=1S/C14H18Cl2N2O/c1-9(10-4-5-12(15)13(16)7-10)14(19)18-11-3-2-6-17-8-11/h4-5,7,9,11,17H,2-3,6,8H2,1H3,(H,18,19)/t9?,11-/m0/s1. The van der Waals surface area contributed by atoms with Crippen molar-refractivity contribution in [3.05, 3.63) is 33.8 Å². The Labute approximate surface area is 123 Å². The normalized spacial score (nSPS) is 20.9. The van der Waals surface area contributed by atoms with Gasteiger partial charge in [0.2, 0.25) is 5.91 Å². The van der Waals surface area contributed by atoms with Gasteiger partial charge in [-0.1, -0.05) is 29.3 Å². The molecule has 1 aliphatic rings. The number of hydrogen-bond donors (Lipinski definition) is 2. The van der Waals surface area contributed by atoms with E-state index in [0.717, 1.165) is 31.5 Å². The van der Waals surface area contributed by atoms with Gasteiger partial charge in [0, 0.05) is 12.6 Å². The van der Waals surface area contributed by atoms with Gasteiger partial charge in [-0.25, -0.2) is 0 Å². The first-order valence-electron chi connectivity index (χ1n) is 6.54. The van der Waals surface area contributed by atoms with Crippen LogP contribution in [0.25, 0.3) is 0 Å². The molecule has 2 atom stereocenters. The maximum absolute atomic E-state index is 12.2. The molecule has 2 N–H and O–H groups in total. The lowest BCUT2D eigenvalue weighted by Gasteiger charge is -2.25. The van der Waals surface area contributed by atoms with Crippen LogP contribution in [0.15, 0.2) is 18.2 Å². The van der Waals surface area contributed by atoms with Crippen LogP contribution in [0.4, 0.5) is 0 Å². The number of piperidine rings is 1. The number of halogens is 2. The van der Waals surface area contributed by atoms with Crippen molar-refractivity contribution in [2.24, 2.45) is 0 Å². The maximum Gasteiger partial charge on any atom is 0.227 e. The Bertz CT molecular complexity index is 459. The summed E-state index contributed by atoms with van der Waals surface area (Å²) in [6, 6.07) is 5.56. The Balaban J connectivity index is 1.99. The van der Waals surface area contributed by atoms with Gasteiger partial charge in [0.25, 0.3) is 0 Å². The summed E-state index contributed by atoms with van der Waals surface area (Å²) in [7, 11) is 0. The summed E-state index contributed by atoms with van der Waals surface area (Å²) in [5.41, 5.74) is 0.885. The molecule has 1 aromatic rings. The third kappa shape index (κ3) is 3.85. The zero-order valence-electron chi connectivity index (χ0n) is 10.9. The average Bonchev–Trinajstić information content (AvgIpc) is 2.42. The largest absolute Gasteiger partial charge is 0.352 e. The van der Waals surface area contributed by atoms with Gasteiger partial charge >= 0.3 is 0 Å². The highest BCUT2D eigenvalue weighted by Gasteiger charge is 2.20. The molecule has 1 unspecified atom stereocenters. The molecule has 0 radical (unpaired) electrons. The van der Waals surface area contributed by atoms with Crippen LogP contribution in [0, 0.1) is 0 Å². The van der Waals surface area contributed by atoms with Gasteiger partial charge in [-0.2, -0.15) is 0 Å². The lowest BCUT2D eigenvalue weighted by atomic mass is 9.99. The van der Waals surface area contributed by atoms with E-state index in [-0.39, 0.29) is 17.9 Å². The number of hydrogen-bond acceptors (Lipinski definition) is 2. The van der Waals surface area contributed by atoms with Gasteiger partial charge in [0.05, 0.1) is 16.0 Å². The summed E-state index contributed by atoms with van der Waals surface area (Å²) < 4.78 is 0. The van der Waals surface area contributed by atoms with Crippen LogP contribution < -0.4 is 10.6 Å². The first-order chi connectivity index (χ1) is 9.08. The van der Waals surface area contributed by atoms with Crippen LogP contribution in [0.1, 0.15) is 31.2 Å². The van der Waals surface area contributed by atoms with Crippen molar-refractivity contribution in [3.8, 4) is 0 Å². The van der Waals surface area contributed by atoms with E-state index >= 15 is 0 Å². The molecule has 0 saturated carbocycles. The number of rotatable bonds is 3. The molecule has 1 heterocycles. The summed E-state index contributed by atoms with van der Waals surface area (Å²) in [6.07, 6.45) is 2.14. The molecular formula is C14H18Cl2N2O. The van der Waals surface area contributed by atoms with Gasteiger partial charge in [0.1, 0.15) is 0 Å². The summed E-state index contributed by atoms with van der Waals surface area (Å²) in [5.74, 6) is -0.191. The highest BCUT2D eigenvalue weighted by Crippen LogP contribution is 2.26. The second-order valence-electron chi connectivity index (χ2n) is 4.95. The third-order valence-corrected chi connectivity index (χ3v) is 4.22. The molecule has 0 bridgehead atoms. The number of benzene rings is 1. The summed E-state index contributed by atoms with van der Waals surface area (Å²) in [4.78, 5) is 12.2. The van der Waals surface area contributed by atoms with Crippen molar-refractivity contribution in [1.29, 1.82) is 0 Å². The van der Waals surface area contributed by atoms with Crippen LogP contribution in [-0.2, 0) is 4.79 Å². The van der Waals surface area contributed by atoms with Gasteiger partial charge in [-0.3, -0.25) is 4.79 Å². The van der Waals surface area contributed by atoms with E-state index in [1.54, 1.807) is 12.1 Å². The van der Waals surface area contributed by atoms with E-state index in [9.17, 15) is 4.79 Å². The average molecular weight is 301 g/mol. The van der Waals surface area contributed by atoms with Crippen molar-refractivity contribution in [2.45, 2.75) is 31.7 Å². The Kier molecular flexibility index (Phi) is 5.08. The fourth-order valence-electron chi connectivity index (χ4n) is 2.23. The van der Waals surface area contributed by atoms with E-state index in [2.05, 4.69) is 10.6 Å². The first kappa shape index (κ1) is 14.6. The van der Waals surface area contributed by atoms with Crippen LogP contribution in [0.5, 0.6) is 0 Å². The fourth-order valence-corrected chi connectivity index (χ4v) is 2.54. The zero-order valence-corrected chi connectivity index (χ0v) is 12.4. The Hall–Kier alpha value is -0.770.